The number of halogens is 3. The van der Waals surface area contributed by atoms with Gasteiger partial charge >= 0.3 is 15.6 Å². The Balaban J connectivity index is 2.04. The molecule has 3 rings (SSSR count). The maximum atomic E-state index is 12.7. The SMILES string of the molecule is O=S(=O)(Oc1ncc(-c2ccccc2)nc1Cc1ccccc1)C(F)(F)F. The van der Waals surface area contributed by atoms with E-state index in [1.165, 1.54) is 6.20 Å². The number of nitrogens with zero attached hydrogens (tertiary/aromatic N) is 2. The maximum absolute atomic E-state index is 12.7. The Labute approximate surface area is 153 Å². The summed E-state index contributed by atoms with van der Waals surface area (Å²) in [4.78, 5) is 8.07. The fraction of sp³-hybridized carbons (Fsp3) is 0.111. The van der Waals surface area contributed by atoms with Gasteiger partial charge in [-0.1, -0.05) is 60.7 Å². The molecule has 3 aromatic rings. The van der Waals surface area contributed by atoms with E-state index in [0.717, 1.165) is 0 Å². The Bertz CT molecular complexity index is 1020. The molecule has 0 saturated carbocycles. The van der Waals surface area contributed by atoms with Gasteiger partial charge in [0.25, 0.3) is 5.88 Å². The zero-order valence-electron chi connectivity index (χ0n) is 13.7. The van der Waals surface area contributed by atoms with Gasteiger partial charge in [0.15, 0.2) is 0 Å². The van der Waals surface area contributed by atoms with Gasteiger partial charge in [0.05, 0.1) is 11.9 Å². The van der Waals surface area contributed by atoms with Crippen LogP contribution < -0.4 is 4.18 Å². The highest BCUT2D eigenvalue weighted by Crippen LogP contribution is 2.29. The summed E-state index contributed by atoms with van der Waals surface area (Å²) < 4.78 is 64.9. The number of alkyl halides is 3. The lowest BCUT2D eigenvalue weighted by Gasteiger charge is -2.13. The Morgan fingerprint density at radius 1 is 0.926 bits per heavy atom. The normalized spacial score (nSPS) is 12.0. The van der Waals surface area contributed by atoms with E-state index in [1.807, 2.05) is 0 Å². The molecule has 0 saturated heterocycles. The topological polar surface area (TPSA) is 69.2 Å². The van der Waals surface area contributed by atoms with Gasteiger partial charge in [-0.15, -0.1) is 0 Å². The third kappa shape index (κ3) is 4.43. The largest absolute Gasteiger partial charge is 0.534 e. The number of benzene rings is 2. The van der Waals surface area contributed by atoms with Crippen LogP contribution in [-0.4, -0.2) is 23.9 Å². The minimum atomic E-state index is -5.85. The molecule has 2 aromatic carbocycles. The van der Waals surface area contributed by atoms with Crippen LogP contribution in [0.3, 0.4) is 0 Å². The van der Waals surface area contributed by atoms with Crippen LogP contribution in [0, 0.1) is 0 Å². The Morgan fingerprint density at radius 3 is 2.11 bits per heavy atom. The van der Waals surface area contributed by atoms with Crippen LogP contribution in [0.15, 0.2) is 66.9 Å². The van der Waals surface area contributed by atoms with E-state index in [0.29, 0.717) is 16.8 Å². The summed E-state index contributed by atoms with van der Waals surface area (Å²) in [5.74, 6) is -0.698. The molecule has 0 bridgehead atoms. The van der Waals surface area contributed by atoms with E-state index in [1.54, 1.807) is 60.7 Å². The highest BCUT2D eigenvalue weighted by atomic mass is 32.2. The van der Waals surface area contributed by atoms with Gasteiger partial charge in [0.2, 0.25) is 0 Å². The predicted octanol–water partition coefficient (Wildman–Crippen LogP) is 3.96. The van der Waals surface area contributed by atoms with Crippen LogP contribution in [0.25, 0.3) is 11.3 Å². The van der Waals surface area contributed by atoms with E-state index in [4.69, 9.17) is 0 Å². The van der Waals surface area contributed by atoms with E-state index >= 15 is 0 Å². The second kappa shape index (κ2) is 7.36. The van der Waals surface area contributed by atoms with Crippen molar-refractivity contribution in [3.8, 4) is 17.1 Å². The van der Waals surface area contributed by atoms with Gasteiger partial charge < -0.3 is 4.18 Å². The second-order valence-electron chi connectivity index (χ2n) is 5.52. The molecule has 0 unspecified atom stereocenters. The fourth-order valence-electron chi connectivity index (χ4n) is 2.29. The first-order chi connectivity index (χ1) is 12.8. The molecule has 0 amide bonds. The summed E-state index contributed by atoms with van der Waals surface area (Å²) in [6.07, 6.45) is 1.22. The quantitative estimate of drug-likeness (QED) is 0.484. The van der Waals surface area contributed by atoms with Crippen molar-refractivity contribution >= 4 is 10.1 Å². The second-order valence-corrected chi connectivity index (χ2v) is 7.06. The Hall–Kier alpha value is -2.94. The van der Waals surface area contributed by atoms with Crippen LogP contribution in [0.1, 0.15) is 11.3 Å². The number of hydrogen-bond acceptors (Lipinski definition) is 5. The smallest absolute Gasteiger partial charge is 0.353 e. The van der Waals surface area contributed by atoms with Crippen molar-refractivity contribution in [3.05, 3.63) is 78.1 Å². The molecule has 1 heterocycles. The summed E-state index contributed by atoms with van der Waals surface area (Å²) in [6, 6.07) is 17.6. The average Bonchev–Trinajstić information content (AvgIpc) is 2.63. The first kappa shape index (κ1) is 18.8. The molecule has 0 aliphatic carbocycles. The van der Waals surface area contributed by atoms with Crippen LogP contribution in [0.4, 0.5) is 13.2 Å². The van der Waals surface area contributed by atoms with Crippen LogP contribution in [0.5, 0.6) is 5.88 Å². The standard InChI is InChI=1S/C18H13F3N2O3S/c19-18(20,21)27(24,25)26-17-15(11-13-7-3-1-4-8-13)23-16(12-22-17)14-9-5-2-6-10-14/h1-10,12H,11H2. The van der Waals surface area contributed by atoms with E-state index < -0.39 is 21.5 Å². The fourth-order valence-corrected chi connectivity index (χ4v) is 2.73. The molecule has 0 spiro atoms. The maximum Gasteiger partial charge on any atom is 0.534 e. The van der Waals surface area contributed by atoms with Crippen molar-refractivity contribution in [2.75, 3.05) is 0 Å². The molecule has 0 aliphatic heterocycles. The average molecular weight is 394 g/mol. The van der Waals surface area contributed by atoms with Crippen molar-refractivity contribution in [2.45, 2.75) is 11.9 Å². The molecule has 0 radical (unpaired) electrons. The summed E-state index contributed by atoms with van der Waals surface area (Å²) in [7, 11) is -5.85. The van der Waals surface area contributed by atoms with Gasteiger partial charge in [-0.05, 0) is 5.56 Å². The molecule has 5 nitrogen and oxygen atoms in total. The lowest BCUT2D eigenvalue weighted by atomic mass is 10.1. The molecular formula is C18H13F3N2O3S. The number of hydrogen-bond donors (Lipinski definition) is 0. The van der Waals surface area contributed by atoms with Crippen LogP contribution >= 0.6 is 0 Å². The lowest BCUT2D eigenvalue weighted by Crippen LogP contribution is -2.29. The Kier molecular flexibility index (Phi) is 5.13. The van der Waals surface area contributed by atoms with Crippen molar-refractivity contribution in [3.63, 3.8) is 0 Å². The van der Waals surface area contributed by atoms with E-state index in [9.17, 15) is 21.6 Å². The zero-order chi connectivity index (χ0) is 19.5. The molecule has 0 N–H and O–H groups in total. The molecule has 27 heavy (non-hydrogen) atoms. The van der Waals surface area contributed by atoms with Gasteiger partial charge in [-0.3, -0.25) is 0 Å². The predicted molar refractivity (Wildman–Crippen MR) is 92.3 cm³/mol. The summed E-state index contributed by atoms with van der Waals surface area (Å²) >= 11 is 0. The van der Waals surface area contributed by atoms with E-state index in [2.05, 4.69) is 14.2 Å². The zero-order valence-corrected chi connectivity index (χ0v) is 14.5. The third-order valence-electron chi connectivity index (χ3n) is 3.56. The number of aromatic nitrogens is 2. The highest BCUT2D eigenvalue weighted by molar-refractivity contribution is 7.87. The number of rotatable bonds is 5. The molecule has 9 heteroatoms. The first-order valence-corrected chi connectivity index (χ1v) is 9.13. The molecule has 0 atom stereocenters. The molecule has 1 aromatic heterocycles. The molecule has 0 aliphatic rings. The van der Waals surface area contributed by atoms with Gasteiger partial charge in [0, 0.05) is 12.0 Å². The third-order valence-corrected chi connectivity index (χ3v) is 4.51. The monoisotopic (exact) mass is 394 g/mol. The van der Waals surface area contributed by atoms with E-state index in [-0.39, 0.29) is 12.1 Å². The summed E-state index contributed by atoms with van der Waals surface area (Å²) in [5, 5.41) is 0. The van der Waals surface area contributed by atoms with Gasteiger partial charge in [-0.2, -0.15) is 21.6 Å². The van der Waals surface area contributed by atoms with Gasteiger partial charge in [0.1, 0.15) is 5.69 Å². The van der Waals surface area contributed by atoms with Crippen molar-refractivity contribution in [1.29, 1.82) is 0 Å². The molecule has 140 valence electrons. The molecule has 0 fully saturated rings. The van der Waals surface area contributed by atoms with Crippen molar-refractivity contribution < 1.29 is 25.8 Å². The Morgan fingerprint density at radius 2 is 1.52 bits per heavy atom. The minimum absolute atomic E-state index is 0.0182. The lowest BCUT2D eigenvalue weighted by molar-refractivity contribution is -0.0501. The summed E-state index contributed by atoms with van der Waals surface area (Å²) in [6.45, 7) is 0. The van der Waals surface area contributed by atoms with Crippen molar-refractivity contribution in [2.24, 2.45) is 0 Å². The van der Waals surface area contributed by atoms with Gasteiger partial charge in [-0.25, -0.2) is 9.97 Å². The van der Waals surface area contributed by atoms with Crippen molar-refractivity contribution in [1.82, 2.24) is 9.97 Å². The van der Waals surface area contributed by atoms with Crippen LogP contribution in [-0.2, 0) is 16.5 Å². The summed E-state index contributed by atoms with van der Waals surface area (Å²) in [5.41, 5.74) is -3.79. The first-order valence-electron chi connectivity index (χ1n) is 7.72. The van der Waals surface area contributed by atoms with Crippen LogP contribution in [0.2, 0.25) is 0 Å². The molecular weight excluding hydrogens is 381 g/mol. The minimum Gasteiger partial charge on any atom is -0.353 e. The highest BCUT2D eigenvalue weighted by Gasteiger charge is 2.49.